The Bertz CT molecular complexity index is 425. The average molecular weight is 279 g/mol. The van der Waals surface area contributed by atoms with Gasteiger partial charge in [0.1, 0.15) is 5.60 Å². The fraction of sp³-hybridized carbons (Fsp3) is 0.438. The molecule has 1 N–H and O–H groups in total. The van der Waals surface area contributed by atoms with Gasteiger partial charge in [0, 0.05) is 11.8 Å². The van der Waals surface area contributed by atoms with Gasteiger partial charge in [0.05, 0.1) is 7.11 Å². The summed E-state index contributed by atoms with van der Waals surface area (Å²) in [6.07, 6.45) is 5.77. The largest absolute Gasteiger partial charge is 0.474 e. The van der Waals surface area contributed by atoms with Crippen LogP contribution in [0.5, 0.6) is 0 Å². The standard InChI is InChI=1S/C16H25NO3/c1-8-9-14(12(2)15(18)19-7)10-11-17-13(3)20-16(4,5)6/h8,10-11,17H,1,3,9H2,2,4-7H3/b11-10-,14-12+. The van der Waals surface area contributed by atoms with Gasteiger partial charge in [-0.3, -0.25) is 0 Å². The molecule has 0 radical (unpaired) electrons. The van der Waals surface area contributed by atoms with Crippen LogP contribution in [0.15, 0.2) is 48.5 Å². The third-order valence-corrected chi connectivity index (χ3v) is 2.30. The molecule has 0 aliphatic heterocycles. The molecule has 0 saturated heterocycles. The van der Waals surface area contributed by atoms with Crippen LogP contribution in [-0.2, 0) is 14.3 Å². The summed E-state index contributed by atoms with van der Waals surface area (Å²) in [6, 6.07) is 0. The van der Waals surface area contributed by atoms with Gasteiger partial charge in [-0.25, -0.2) is 4.79 Å². The predicted molar refractivity (Wildman–Crippen MR) is 81.8 cm³/mol. The predicted octanol–water partition coefficient (Wildman–Crippen LogP) is 3.44. The Labute approximate surface area is 121 Å². The van der Waals surface area contributed by atoms with Crippen molar-refractivity contribution in [3.05, 3.63) is 48.5 Å². The van der Waals surface area contributed by atoms with Crippen LogP contribution in [0.25, 0.3) is 0 Å². The lowest BCUT2D eigenvalue weighted by Gasteiger charge is -2.22. The first-order valence-electron chi connectivity index (χ1n) is 6.41. The van der Waals surface area contributed by atoms with Crippen LogP contribution in [0.3, 0.4) is 0 Å². The maximum Gasteiger partial charge on any atom is 0.333 e. The molecule has 4 heteroatoms. The van der Waals surface area contributed by atoms with E-state index < -0.39 is 0 Å². The highest BCUT2D eigenvalue weighted by molar-refractivity contribution is 5.89. The fourth-order valence-corrected chi connectivity index (χ4v) is 1.42. The van der Waals surface area contributed by atoms with Crippen molar-refractivity contribution < 1.29 is 14.3 Å². The second-order valence-electron chi connectivity index (χ2n) is 5.25. The quantitative estimate of drug-likeness (QED) is 0.255. The van der Waals surface area contributed by atoms with E-state index in [-0.39, 0.29) is 11.6 Å². The summed E-state index contributed by atoms with van der Waals surface area (Å²) in [5, 5.41) is 2.92. The second-order valence-corrected chi connectivity index (χ2v) is 5.25. The molecule has 0 unspecified atom stereocenters. The third kappa shape index (κ3) is 7.46. The van der Waals surface area contributed by atoms with E-state index in [4.69, 9.17) is 9.47 Å². The Balaban J connectivity index is 4.77. The first-order valence-corrected chi connectivity index (χ1v) is 6.41. The molecule has 112 valence electrons. The van der Waals surface area contributed by atoms with Gasteiger partial charge >= 0.3 is 5.97 Å². The van der Waals surface area contributed by atoms with Crippen LogP contribution in [0.4, 0.5) is 0 Å². The summed E-state index contributed by atoms with van der Waals surface area (Å²) in [4.78, 5) is 11.5. The molecule has 20 heavy (non-hydrogen) atoms. The Kier molecular flexibility index (Phi) is 7.44. The summed E-state index contributed by atoms with van der Waals surface area (Å²) >= 11 is 0. The molecule has 0 aromatic rings. The van der Waals surface area contributed by atoms with Crippen LogP contribution in [0.1, 0.15) is 34.1 Å². The van der Waals surface area contributed by atoms with E-state index in [1.165, 1.54) is 7.11 Å². The first-order chi connectivity index (χ1) is 9.21. The number of rotatable bonds is 7. The van der Waals surface area contributed by atoms with Crippen molar-refractivity contribution in [3.63, 3.8) is 0 Å². The number of allylic oxidation sites excluding steroid dienone is 3. The minimum atomic E-state index is -0.351. The van der Waals surface area contributed by atoms with Gasteiger partial charge in [-0.15, -0.1) is 6.58 Å². The van der Waals surface area contributed by atoms with Crippen LogP contribution in [-0.4, -0.2) is 18.7 Å². The van der Waals surface area contributed by atoms with E-state index in [2.05, 4.69) is 18.5 Å². The van der Waals surface area contributed by atoms with Crippen LogP contribution < -0.4 is 5.32 Å². The van der Waals surface area contributed by atoms with Crippen LogP contribution >= 0.6 is 0 Å². The minimum Gasteiger partial charge on any atom is -0.474 e. The van der Waals surface area contributed by atoms with E-state index in [0.29, 0.717) is 17.9 Å². The van der Waals surface area contributed by atoms with Crippen molar-refractivity contribution in [3.8, 4) is 0 Å². The van der Waals surface area contributed by atoms with Gasteiger partial charge in [0.15, 0.2) is 5.88 Å². The highest BCUT2D eigenvalue weighted by Gasteiger charge is 2.11. The maximum absolute atomic E-state index is 11.5. The van der Waals surface area contributed by atoms with Crippen molar-refractivity contribution in [2.45, 2.75) is 39.7 Å². The minimum absolute atomic E-state index is 0.306. The fourth-order valence-electron chi connectivity index (χ4n) is 1.42. The normalized spacial score (nSPS) is 12.7. The number of hydrogen-bond donors (Lipinski definition) is 1. The molecule has 0 rings (SSSR count). The van der Waals surface area contributed by atoms with Crippen molar-refractivity contribution in [2.75, 3.05) is 7.11 Å². The van der Waals surface area contributed by atoms with Crippen molar-refractivity contribution in [1.82, 2.24) is 5.32 Å². The number of carbonyl (C=O) groups excluding carboxylic acids is 1. The Morgan fingerprint density at radius 3 is 2.40 bits per heavy atom. The van der Waals surface area contributed by atoms with E-state index in [1.807, 2.05) is 20.8 Å². The Morgan fingerprint density at radius 1 is 1.35 bits per heavy atom. The molecule has 0 aliphatic carbocycles. The van der Waals surface area contributed by atoms with E-state index >= 15 is 0 Å². The number of hydrogen-bond acceptors (Lipinski definition) is 4. The average Bonchev–Trinajstić information content (AvgIpc) is 2.33. The molecule has 0 aromatic carbocycles. The zero-order chi connectivity index (χ0) is 15.8. The third-order valence-electron chi connectivity index (χ3n) is 2.30. The number of methoxy groups -OCH3 is 1. The topological polar surface area (TPSA) is 47.6 Å². The van der Waals surface area contributed by atoms with Crippen molar-refractivity contribution in [2.24, 2.45) is 0 Å². The highest BCUT2D eigenvalue weighted by Crippen LogP contribution is 2.13. The summed E-state index contributed by atoms with van der Waals surface area (Å²) in [5.41, 5.74) is 1.07. The molecule has 0 heterocycles. The van der Waals surface area contributed by atoms with Gasteiger partial charge < -0.3 is 14.8 Å². The van der Waals surface area contributed by atoms with Crippen molar-refractivity contribution >= 4 is 5.97 Å². The van der Waals surface area contributed by atoms with Gasteiger partial charge in [0.25, 0.3) is 0 Å². The maximum atomic E-state index is 11.5. The summed E-state index contributed by atoms with van der Waals surface area (Å²) in [6.45, 7) is 15.0. The van der Waals surface area contributed by atoms with Crippen molar-refractivity contribution in [1.29, 1.82) is 0 Å². The lowest BCUT2D eigenvalue weighted by molar-refractivity contribution is -0.136. The van der Waals surface area contributed by atoms with Gasteiger partial charge in [-0.2, -0.15) is 0 Å². The van der Waals surface area contributed by atoms with E-state index in [0.717, 1.165) is 5.57 Å². The molecule has 4 nitrogen and oxygen atoms in total. The van der Waals surface area contributed by atoms with E-state index in [1.54, 1.807) is 25.3 Å². The molecular formula is C16H25NO3. The van der Waals surface area contributed by atoms with Gasteiger partial charge in [0.2, 0.25) is 0 Å². The monoisotopic (exact) mass is 279 g/mol. The Morgan fingerprint density at radius 2 is 1.95 bits per heavy atom. The number of carbonyl (C=O) groups is 1. The molecule has 0 aliphatic rings. The second kappa shape index (κ2) is 8.25. The van der Waals surface area contributed by atoms with Gasteiger partial charge in [-0.1, -0.05) is 6.08 Å². The van der Waals surface area contributed by atoms with Gasteiger partial charge in [-0.05, 0) is 52.3 Å². The first kappa shape index (κ1) is 18.0. The highest BCUT2D eigenvalue weighted by atomic mass is 16.5. The summed E-state index contributed by atoms with van der Waals surface area (Å²) < 4.78 is 10.2. The van der Waals surface area contributed by atoms with E-state index in [9.17, 15) is 4.79 Å². The molecular weight excluding hydrogens is 254 g/mol. The molecule has 0 amide bonds. The summed E-state index contributed by atoms with van der Waals surface area (Å²) in [7, 11) is 1.36. The molecule has 0 spiro atoms. The number of nitrogens with one attached hydrogen (secondary N) is 1. The SMILES string of the molecule is C=CCC(/C=C\NC(=C)OC(C)(C)C)=C(/C)C(=O)OC. The smallest absolute Gasteiger partial charge is 0.333 e. The summed E-state index contributed by atoms with van der Waals surface area (Å²) in [5.74, 6) is 0.0960. The lowest BCUT2D eigenvalue weighted by Crippen LogP contribution is -2.22. The number of ether oxygens (including phenoxy) is 2. The van der Waals surface area contributed by atoms with Crippen LogP contribution in [0.2, 0.25) is 0 Å². The number of esters is 1. The lowest BCUT2D eigenvalue weighted by atomic mass is 10.1. The molecule has 0 aromatic heterocycles. The molecule has 0 fully saturated rings. The zero-order valence-electron chi connectivity index (χ0n) is 13.1. The molecule has 0 saturated carbocycles. The molecule has 0 atom stereocenters. The van der Waals surface area contributed by atoms with Crippen LogP contribution in [0, 0.1) is 0 Å². The Hall–Kier alpha value is -1.97. The molecule has 0 bridgehead atoms. The zero-order valence-corrected chi connectivity index (χ0v) is 13.1.